The van der Waals surface area contributed by atoms with Crippen LogP contribution >= 0.6 is 0 Å². The Bertz CT molecular complexity index is 679. The highest BCUT2D eigenvalue weighted by molar-refractivity contribution is 5.78. The first kappa shape index (κ1) is 10.9. The number of aliphatic hydroxyl groups excluding tert-OH is 1. The summed E-state index contributed by atoms with van der Waals surface area (Å²) in [7, 11) is 0. The van der Waals surface area contributed by atoms with Crippen molar-refractivity contribution in [3.05, 3.63) is 65.9 Å². The third-order valence-electron chi connectivity index (χ3n) is 2.79. The number of fused-ring (bicyclic) bond motifs is 1. The number of aromatic nitrogens is 1. The Morgan fingerprint density at radius 3 is 2.67 bits per heavy atom. The summed E-state index contributed by atoms with van der Waals surface area (Å²) in [5, 5.41) is 10.8. The molecule has 0 aliphatic rings. The van der Waals surface area contributed by atoms with Gasteiger partial charge in [0.05, 0.1) is 0 Å². The van der Waals surface area contributed by atoms with Crippen LogP contribution in [0, 0.1) is 5.82 Å². The van der Waals surface area contributed by atoms with Gasteiger partial charge in [0, 0.05) is 17.8 Å². The van der Waals surface area contributed by atoms with Crippen LogP contribution in [-0.4, -0.2) is 10.1 Å². The second kappa shape index (κ2) is 4.23. The highest BCUT2D eigenvalue weighted by Gasteiger charge is 2.15. The zero-order valence-electron chi connectivity index (χ0n) is 9.38. The van der Waals surface area contributed by atoms with Crippen LogP contribution in [0.5, 0.6) is 0 Å². The van der Waals surface area contributed by atoms with Gasteiger partial charge in [-0.3, -0.25) is 4.98 Å². The van der Waals surface area contributed by atoms with Crippen molar-refractivity contribution in [2.75, 3.05) is 0 Å². The summed E-state index contributed by atoms with van der Waals surface area (Å²) >= 11 is 0. The molecule has 18 heavy (non-hydrogen) atoms. The molecule has 0 amide bonds. The van der Waals surface area contributed by atoms with E-state index < -0.39 is 6.10 Å². The zero-order valence-corrected chi connectivity index (χ0v) is 9.38. The van der Waals surface area contributed by atoms with Gasteiger partial charge in [-0.05, 0) is 42.0 Å². The number of pyridine rings is 1. The van der Waals surface area contributed by atoms with Gasteiger partial charge in [-0.2, -0.15) is 0 Å². The number of hydrogen-bond acceptors (Lipinski definition) is 3. The first-order valence-corrected chi connectivity index (χ1v) is 5.51. The Labute approximate surface area is 103 Å². The normalized spacial score (nSPS) is 12.8. The Hall–Kier alpha value is -2.20. The van der Waals surface area contributed by atoms with Gasteiger partial charge in [-0.15, -0.1) is 0 Å². The molecular weight excluding hydrogens is 233 g/mol. The first-order valence-electron chi connectivity index (χ1n) is 5.51. The van der Waals surface area contributed by atoms with Crippen LogP contribution in [0.25, 0.3) is 11.0 Å². The summed E-state index contributed by atoms with van der Waals surface area (Å²) in [5.74, 6) is 0.0649. The molecule has 1 unspecified atom stereocenters. The second-order valence-electron chi connectivity index (χ2n) is 4.01. The topological polar surface area (TPSA) is 46.3 Å². The molecule has 1 aromatic carbocycles. The number of benzene rings is 1. The van der Waals surface area contributed by atoms with E-state index in [4.69, 9.17) is 4.42 Å². The predicted octanol–water partition coefficient (Wildman–Crippen LogP) is 3.05. The summed E-state index contributed by atoms with van der Waals surface area (Å²) < 4.78 is 18.6. The number of aliphatic hydroxyl groups is 1. The lowest BCUT2D eigenvalue weighted by Crippen LogP contribution is -1.97. The average molecular weight is 243 g/mol. The van der Waals surface area contributed by atoms with Crippen molar-refractivity contribution in [2.24, 2.45) is 0 Å². The molecule has 0 aliphatic heterocycles. The van der Waals surface area contributed by atoms with Crippen molar-refractivity contribution >= 4 is 11.0 Å². The molecule has 90 valence electrons. The second-order valence-corrected chi connectivity index (χ2v) is 4.01. The van der Waals surface area contributed by atoms with Gasteiger partial charge in [0.25, 0.3) is 0 Å². The minimum absolute atomic E-state index is 0.326. The Kier molecular flexibility index (Phi) is 2.57. The Balaban J connectivity index is 2.04. The van der Waals surface area contributed by atoms with E-state index in [-0.39, 0.29) is 5.82 Å². The summed E-state index contributed by atoms with van der Waals surface area (Å²) in [6.07, 6.45) is 2.32. The van der Waals surface area contributed by atoms with Crippen molar-refractivity contribution in [1.29, 1.82) is 0 Å². The van der Waals surface area contributed by atoms with E-state index in [1.807, 2.05) is 0 Å². The molecule has 4 heteroatoms. The highest BCUT2D eigenvalue weighted by atomic mass is 19.1. The van der Waals surface area contributed by atoms with Gasteiger partial charge in [0.1, 0.15) is 23.3 Å². The lowest BCUT2D eigenvalue weighted by Gasteiger charge is -2.06. The number of nitrogens with zero attached hydrogens (tertiary/aromatic N) is 1. The lowest BCUT2D eigenvalue weighted by atomic mass is 10.1. The standard InChI is InChI=1S/C14H10FNO2/c15-11-1-2-12-10(7-11)8-13(18-12)14(17)9-3-5-16-6-4-9/h1-8,14,17H. The zero-order chi connectivity index (χ0) is 12.5. The number of rotatable bonds is 2. The minimum Gasteiger partial charge on any atom is -0.458 e. The van der Waals surface area contributed by atoms with E-state index in [2.05, 4.69) is 4.98 Å². The molecule has 2 aromatic heterocycles. The predicted molar refractivity (Wildman–Crippen MR) is 64.5 cm³/mol. The van der Waals surface area contributed by atoms with Crippen LogP contribution in [0.3, 0.4) is 0 Å². The van der Waals surface area contributed by atoms with Gasteiger partial charge in [0.2, 0.25) is 0 Å². The van der Waals surface area contributed by atoms with Crippen molar-refractivity contribution in [3.8, 4) is 0 Å². The summed E-state index contributed by atoms with van der Waals surface area (Å²) in [6, 6.07) is 9.31. The molecular formula is C14H10FNO2. The molecule has 0 bridgehead atoms. The maximum atomic E-state index is 13.1. The quantitative estimate of drug-likeness (QED) is 0.752. The Morgan fingerprint density at radius 1 is 1.11 bits per heavy atom. The monoisotopic (exact) mass is 243 g/mol. The third-order valence-corrected chi connectivity index (χ3v) is 2.79. The molecule has 0 spiro atoms. The molecule has 0 saturated carbocycles. The highest BCUT2D eigenvalue weighted by Crippen LogP contribution is 2.28. The van der Waals surface area contributed by atoms with Crippen LogP contribution < -0.4 is 0 Å². The lowest BCUT2D eigenvalue weighted by molar-refractivity contribution is 0.192. The smallest absolute Gasteiger partial charge is 0.138 e. The molecule has 0 radical (unpaired) electrons. The van der Waals surface area contributed by atoms with Crippen LogP contribution in [-0.2, 0) is 0 Å². The van der Waals surface area contributed by atoms with Gasteiger partial charge in [-0.1, -0.05) is 0 Å². The maximum absolute atomic E-state index is 13.1. The van der Waals surface area contributed by atoms with E-state index in [9.17, 15) is 9.50 Å². The summed E-state index contributed by atoms with van der Waals surface area (Å²) in [4.78, 5) is 3.88. The molecule has 0 aliphatic carbocycles. The van der Waals surface area contributed by atoms with Crippen molar-refractivity contribution < 1.29 is 13.9 Å². The molecule has 3 rings (SSSR count). The van der Waals surface area contributed by atoms with Gasteiger partial charge in [0.15, 0.2) is 0 Å². The fourth-order valence-corrected chi connectivity index (χ4v) is 1.88. The van der Waals surface area contributed by atoms with Crippen LogP contribution in [0.4, 0.5) is 4.39 Å². The number of hydrogen-bond donors (Lipinski definition) is 1. The van der Waals surface area contributed by atoms with Gasteiger partial charge in [-0.25, -0.2) is 4.39 Å². The third kappa shape index (κ3) is 1.87. The van der Waals surface area contributed by atoms with E-state index in [1.165, 1.54) is 12.1 Å². The molecule has 1 atom stereocenters. The summed E-state index contributed by atoms with van der Waals surface area (Å²) in [5.41, 5.74) is 1.24. The molecule has 1 N–H and O–H groups in total. The van der Waals surface area contributed by atoms with Crippen molar-refractivity contribution in [2.45, 2.75) is 6.10 Å². The largest absolute Gasteiger partial charge is 0.458 e. The molecule has 0 fully saturated rings. The van der Waals surface area contributed by atoms with Crippen LogP contribution in [0.2, 0.25) is 0 Å². The van der Waals surface area contributed by atoms with Gasteiger partial charge >= 0.3 is 0 Å². The SMILES string of the molecule is OC(c1ccncc1)c1cc2cc(F)ccc2o1. The Morgan fingerprint density at radius 2 is 1.89 bits per heavy atom. The first-order chi connectivity index (χ1) is 8.74. The van der Waals surface area contributed by atoms with Crippen molar-refractivity contribution in [3.63, 3.8) is 0 Å². The van der Waals surface area contributed by atoms with Gasteiger partial charge < -0.3 is 9.52 Å². The average Bonchev–Trinajstić information content (AvgIpc) is 2.81. The molecule has 3 nitrogen and oxygen atoms in total. The van der Waals surface area contributed by atoms with E-state index in [1.54, 1.807) is 36.7 Å². The molecule has 0 saturated heterocycles. The maximum Gasteiger partial charge on any atom is 0.138 e. The van der Waals surface area contributed by atoms with Crippen LogP contribution in [0.15, 0.2) is 53.2 Å². The summed E-state index contributed by atoms with van der Waals surface area (Å²) in [6.45, 7) is 0. The minimum atomic E-state index is -0.872. The fourth-order valence-electron chi connectivity index (χ4n) is 1.88. The van der Waals surface area contributed by atoms with Crippen molar-refractivity contribution in [1.82, 2.24) is 4.98 Å². The molecule has 3 aromatic rings. The number of halogens is 1. The van der Waals surface area contributed by atoms with E-state index in [0.717, 1.165) is 0 Å². The van der Waals surface area contributed by atoms with E-state index in [0.29, 0.717) is 22.3 Å². The fraction of sp³-hybridized carbons (Fsp3) is 0.0714. The van der Waals surface area contributed by atoms with E-state index >= 15 is 0 Å². The van der Waals surface area contributed by atoms with Crippen LogP contribution in [0.1, 0.15) is 17.4 Å². The number of furan rings is 1. The molecule has 2 heterocycles.